The molecule has 106 valence electrons. The number of nitrogens with zero attached hydrogens (tertiary/aromatic N) is 2. The van der Waals surface area contributed by atoms with Gasteiger partial charge in [0.15, 0.2) is 0 Å². The Morgan fingerprint density at radius 2 is 2.32 bits per heavy atom. The van der Waals surface area contributed by atoms with E-state index in [1.54, 1.807) is 0 Å². The molecule has 19 heavy (non-hydrogen) atoms. The molecule has 1 unspecified atom stereocenters. The van der Waals surface area contributed by atoms with Crippen LogP contribution in [0.25, 0.3) is 0 Å². The summed E-state index contributed by atoms with van der Waals surface area (Å²) < 4.78 is 1.85. The van der Waals surface area contributed by atoms with Crippen LogP contribution >= 0.6 is 0 Å². The first-order valence-electron chi connectivity index (χ1n) is 6.90. The first kappa shape index (κ1) is 14.1. The van der Waals surface area contributed by atoms with Crippen LogP contribution in [0.1, 0.15) is 50.9 Å². The van der Waals surface area contributed by atoms with Gasteiger partial charge in [-0.2, -0.15) is 5.10 Å². The molecule has 0 aromatic carbocycles. The Balaban J connectivity index is 2.17. The van der Waals surface area contributed by atoms with Gasteiger partial charge in [-0.3, -0.25) is 9.48 Å². The molecule has 0 aliphatic heterocycles. The van der Waals surface area contributed by atoms with Crippen molar-refractivity contribution in [3.8, 4) is 0 Å². The lowest BCUT2D eigenvalue weighted by atomic mass is 9.90. The average molecular weight is 265 g/mol. The fraction of sp³-hybridized carbons (Fsp3) is 0.714. The molecule has 1 heterocycles. The topological polar surface area (TPSA) is 67.2 Å². The molecule has 1 aliphatic rings. The van der Waals surface area contributed by atoms with E-state index in [0.717, 1.165) is 30.5 Å². The van der Waals surface area contributed by atoms with E-state index in [2.05, 4.69) is 10.4 Å². The summed E-state index contributed by atoms with van der Waals surface area (Å²) in [7, 11) is 0. The van der Waals surface area contributed by atoms with E-state index in [-0.39, 0.29) is 24.0 Å². The van der Waals surface area contributed by atoms with Crippen molar-refractivity contribution in [3.05, 3.63) is 17.5 Å². The molecule has 1 aliphatic carbocycles. The van der Waals surface area contributed by atoms with Crippen LogP contribution in [0.2, 0.25) is 0 Å². The largest absolute Gasteiger partial charge is 0.394 e. The molecule has 0 spiro atoms. The minimum absolute atomic E-state index is 0.0583. The number of aromatic nitrogens is 2. The highest BCUT2D eigenvalue weighted by Gasteiger charge is 2.29. The van der Waals surface area contributed by atoms with Crippen LogP contribution in [0.15, 0.2) is 6.20 Å². The predicted octanol–water partition coefficient (Wildman–Crippen LogP) is 1.42. The second-order valence-corrected chi connectivity index (χ2v) is 6.16. The summed E-state index contributed by atoms with van der Waals surface area (Å²) in [5.41, 5.74) is 1.88. The summed E-state index contributed by atoms with van der Waals surface area (Å²) in [4.78, 5) is 12.1. The third-order valence-electron chi connectivity index (χ3n) is 3.56. The van der Waals surface area contributed by atoms with Crippen molar-refractivity contribution in [2.75, 3.05) is 6.61 Å². The fourth-order valence-electron chi connectivity index (χ4n) is 2.43. The minimum Gasteiger partial charge on any atom is -0.394 e. The smallest absolute Gasteiger partial charge is 0.225 e. The summed E-state index contributed by atoms with van der Waals surface area (Å²) in [6.45, 7) is 6.37. The van der Waals surface area contributed by atoms with Crippen LogP contribution in [-0.4, -0.2) is 27.4 Å². The number of aliphatic hydroxyl groups excluding tert-OH is 1. The number of hydrogen-bond donors (Lipinski definition) is 2. The van der Waals surface area contributed by atoms with Gasteiger partial charge < -0.3 is 10.4 Å². The van der Waals surface area contributed by atoms with Gasteiger partial charge in [0.1, 0.15) is 0 Å². The zero-order chi connectivity index (χ0) is 14.0. The normalized spacial score (nSPS) is 19.1. The number of carbonyl (C=O) groups is 1. The molecular weight excluding hydrogens is 242 g/mol. The number of fused-ring (bicyclic) bond motifs is 1. The molecule has 2 rings (SSSR count). The molecule has 0 fully saturated rings. The number of carbonyl (C=O) groups excluding carboxylic acids is 1. The Labute approximate surface area is 114 Å². The maximum Gasteiger partial charge on any atom is 0.225 e. The van der Waals surface area contributed by atoms with E-state index in [1.807, 2.05) is 31.6 Å². The third-order valence-corrected chi connectivity index (χ3v) is 3.56. The van der Waals surface area contributed by atoms with Gasteiger partial charge in [-0.15, -0.1) is 0 Å². The molecule has 0 saturated heterocycles. The molecule has 1 atom stereocenters. The van der Waals surface area contributed by atoms with Crippen molar-refractivity contribution in [3.63, 3.8) is 0 Å². The standard InChI is InChI=1S/C14H23N3O2/c1-14(2,3)13(19)16-11-5-4-6-12-10(11)9-15-17(12)7-8-18/h9,11,18H,4-8H2,1-3H3,(H,16,19). The van der Waals surface area contributed by atoms with E-state index in [4.69, 9.17) is 5.11 Å². The van der Waals surface area contributed by atoms with Crippen molar-refractivity contribution in [2.24, 2.45) is 5.41 Å². The summed E-state index contributed by atoms with van der Waals surface area (Å²) in [6.07, 6.45) is 4.80. The Bertz CT molecular complexity index is 460. The highest BCUT2D eigenvalue weighted by atomic mass is 16.3. The molecular formula is C14H23N3O2. The summed E-state index contributed by atoms with van der Waals surface area (Å²) >= 11 is 0. The van der Waals surface area contributed by atoms with Gasteiger partial charge in [0.25, 0.3) is 0 Å². The number of amides is 1. The summed E-state index contributed by atoms with van der Waals surface area (Å²) in [6, 6.07) is 0.0583. The summed E-state index contributed by atoms with van der Waals surface area (Å²) in [5.74, 6) is 0.0697. The van der Waals surface area contributed by atoms with Crippen molar-refractivity contribution in [1.82, 2.24) is 15.1 Å². The van der Waals surface area contributed by atoms with Gasteiger partial charge in [0, 0.05) is 16.7 Å². The van der Waals surface area contributed by atoms with E-state index in [0.29, 0.717) is 6.54 Å². The van der Waals surface area contributed by atoms with E-state index < -0.39 is 0 Å². The average Bonchev–Trinajstić information content (AvgIpc) is 2.73. The Hall–Kier alpha value is -1.36. The third kappa shape index (κ3) is 2.97. The molecule has 5 nitrogen and oxygen atoms in total. The number of nitrogens with one attached hydrogen (secondary N) is 1. The first-order valence-corrected chi connectivity index (χ1v) is 6.90. The van der Waals surface area contributed by atoms with Crippen LogP contribution in [-0.2, 0) is 17.8 Å². The molecule has 0 saturated carbocycles. The fourth-order valence-corrected chi connectivity index (χ4v) is 2.43. The van der Waals surface area contributed by atoms with Crippen LogP contribution in [0, 0.1) is 5.41 Å². The van der Waals surface area contributed by atoms with Crippen molar-refractivity contribution >= 4 is 5.91 Å². The lowest BCUT2D eigenvalue weighted by Crippen LogP contribution is -2.38. The van der Waals surface area contributed by atoms with Gasteiger partial charge in [0.05, 0.1) is 25.4 Å². The maximum absolute atomic E-state index is 12.1. The van der Waals surface area contributed by atoms with Gasteiger partial charge >= 0.3 is 0 Å². The first-order chi connectivity index (χ1) is 8.93. The Morgan fingerprint density at radius 1 is 1.58 bits per heavy atom. The van der Waals surface area contributed by atoms with Crippen molar-refractivity contribution in [2.45, 2.75) is 52.6 Å². The minimum atomic E-state index is -0.376. The monoisotopic (exact) mass is 265 g/mol. The van der Waals surface area contributed by atoms with Crippen LogP contribution in [0.3, 0.4) is 0 Å². The van der Waals surface area contributed by atoms with E-state index in [1.165, 1.54) is 0 Å². The number of aliphatic hydroxyl groups is 1. The zero-order valence-corrected chi connectivity index (χ0v) is 11.9. The van der Waals surface area contributed by atoms with E-state index in [9.17, 15) is 4.79 Å². The molecule has 2 N–H and O–H groups in total. The number of hydrogen-bond acceptors (Lipinski definition) is 3. The van der Waals surface area contributed by atoms with Crippen LogP contribution in [0.4, 0.5) is 0 Å². The molecule has 5 heteroatoms. The highest BCUT2D eigenvalue weighted by molar-refractivity contribution is 5.81. The molecule has 0 bridgehead atoms. The molecule has 0 radical (unpaired) electrons. The second-order valence-electron chi connectivity index (χ2n) is 6.16. The van der Waals surface area contributed by atoms with Gasteiger partial charge in [-0.1, -0.05) is 20.8 Å². The van der Waals surface area contributed by atoms with E-state index >= 15 is 0 Å². The predicted molar refractivity (Wildman–Crippen MR) is 72.6 cm³/mol. The van der Waals surface area contributed by atoms with Crippen molar-refractivity contribution in [1.29, 1.82) is 0 Å². The molecule has 1 aromatic rings. The Morgan fingerprint density at radius 3 is 2.95 bits per heavy atom. The van der Waals surface area contributed by atoms with Gasteiger partial charge in [-0.25, -0.2) is 0 Å². The second kappa shape index (κ2) is 5.33. The molecule has 1 amide bonds. The van der Waals surface area contributed by atoms with Crippen LogP contribution < -0.4 is 5.32 Å². The maximum atomic E-state index is 12.1. The van der Waals surface area contributed by atoms with Crippen LogP contribution in [0.5, 0.6) is 0 Å². The quantitative estimate of drug-likeness (QED) is 0.868. The zero-order valence-electron chi connectivity index (χ0n) is 11.9. The SMILES string of the molecule is CC(C)(C)C(=O)NC1CCCc2c1cnn2CCO. The lowest BCUT2D eigenvalue weighted by molar-refractivity contribution is -0.129. The van der Waals surface area contributed by atoms with Crippen molar-refractivity contribution < 1.29 is 9.90 Å². The van der Waals surface area contributed by atoms with Gasteiger partial charge in [-0.05, 0) is 19.3 Å². The lowest BCUT2D eigenvalue weighted by Gasteiger charge is -2.27. The summed E-state index contributed by atoms with van der Waals surface area (Å²) in [5, 5.41) is 16.5. The highest BCUT2D eigenvalue weighted by Crippen LogP contribution is 2.30. The molecule has 1 aromatic heterocycles. The number of rotatable bonds is 3. The van der Waals surface area contributed by atoms with Gasteiger partial charge in [0.2, 0.25) is 5.91 Å². The Kier molecular flexibility index (Phi) is 3.94.